The van der Waals surface area contributed by atoms with Gasteiger partial charge in [-0.05, 0) is 23.8 Å². The van der Waals surface area contributed by atoms with Crippen LogP contribution in [0, 0.1) is 0 Å². The van der Waals surface area contributed by atoms with Crippen molar-refractivity contribution in [2.24, 2.45) is 0 Å². The zero-order valence-corrected chi connectivity index (χ0v) is 13.9. The third kappa shape index (κ3) is 4.01. The summed E-state index contributed by atoms with van der Waals surface area (Å²) in [6.45, 7) is 0.385. The summed E-state index contributed by atoms with van der Waals surface area (Å²) in [6, 6.07) is 6.72. The molecule has 0 bridgehead atoms. The number of pyridine rings is 1. The molecule has 21 heavy (non-hydrogen) atoms. The van der Waals surface area contributed by atoms with Crippen LogP contribution in [0.2, 0.25) is 20.2 Å². The van der Waals surface area contributed by atoms with Crippen LogP contribution in [0.15, 0.2) is 30.5 Å². The number of nitrogens with zero attached hydrogens (tertiary/aromatic N) is 2. The van der Waals surface area contributed by atoms with Crippen LogP contribution in [0.1, 0.15) is 15.9 Å². The van der Waals surface area contributed by atoms with E-state index in [9.17, 15) is 4.79 Å². The first-order valence-corrected chi connectivity index (χ1v) is 7.40. The summed E-state index contributed by atoms with van der Waals surface area (Å²) in [6.07, 6.45) is 1.39. The van der Waals surface area contributed by atoms with Crippen molar-refractivity contribution >= 4 is 52.3 Å². The van der Waals surface area contributed by atoms with Crippen molar-refractivity contribution in [2.75, 3.05) is 7.05 Å². The molecule has 0 aliphatic rings. The van der Waals surface area contributed by atoms with Crippen LogP contribution in [0.5, 0.6) is 0 Å². The smallest absolute Gasteiger partial charge is 0.255 e. The number of amides is 1. The molecule has 0 N–H and O–H groups in total. The minimum Gasteiger partial charge on any atom is -0.337 e. The van der Waals surface area contributed by atoms with Crippen molar-refractivity contribution in [3.63, 3.8) is 0 Å². The largest absolute Gasteiger partial charge is 0.337 e. The average Bonchev–Trinajstić information content (AvgIpc) is 2.45. The first-order valence-electron chi connectivity index (χ1n) is 5.89. The van der Waals surface area contributed by atoms with Gasteiger partial charge in [0.2, 0.25) is 0 Å². The first-order chi connectivity index (χ1) is 9.88. The molecule has 1 aromatic heterocycles. The highest BCUT2D eigenvalue weighted by molar-refractivity contribution is 6.42. The molecule has 3 nitrogen and oxygen atoms in total. The molecule has 0 aliphatic carbocycles. The molecule has 0 spiro atoms. The molecule has 0 atom stereocenters. The zero-order valence-electron chi connectivity index (χ0n) is 10.9. The molecule has 1 heterocycles. The Hall–Kier alpha value is -1.000. The maximum absolute atomic E-state index is 12.3. The van der Waals surface area contributed by atoms with Crippen LogP contribution in [0.3, 0.4) is 0 Å². The van der Waals surface area contributed by atoms with Gasteiger partial charge in [0, 0.05) is 19.8 Å². The van der Waals surface area contributed by atoms with E-state index >= 15 is 0 Å². The van der Waals surface area contributed by atoms with Gasteiger partial charge in [0.05, 0.1) is 20.6 Å². The molecule has 1 aromatic carbocycles. The normalized spacial score (nSPS) is 10.5. The lowest BCUT2D eigenvalue weighted by molar-refractivity contribution is 0.0784. The zero-order chi connectivity index (χ0) is 15.6. The van der Waals surface area contributed by atoms with Crippen LogP contribution in [0.25, 0.3) is 0 Å². The van der Waals surface area contributed by atoms with E-state index in [-0.39, 0.29) is 16.1 Å². The van der Waals surface area contributed by atoms with Crippen LogP contribution < -0.4 is 0 Å². The van der Waals surface area contributed by atoms with Crippen molar-refractivity contribution in [3.05, 3.63) is 61.8 Å². The van der Waals surface area contributed by atoms with Crippen LogP contribution in [-0.4, -0.2) is 22.8 Å². The van der Waals surface area contributed by atoms with E-state index in [1.54, 1.807) is 19.2 Å². The fourth-order valence-corrected chi connectivity index (χ4v) is 2.33. The van der Waals surface area contributed by atoms with E-state index in [2.05, 4.69) is 4.98 Å². The Kier molecular flexibility index (Phi) is 5.33. The highest BCUT2D eigenvalue weighted by Gasteiger charge is 2.14. The van der Waals surface area contributed by atoms with Gasteiger partial charge >= 0.3 is 0 Å². The van der Waals surface area contributed by atoms with Gasteiger partial charge in [0.25, 0.3) is 5.91 Å². The predicted octanol–water partition coefficient (Wildman–Crippen LogP) is 4.97. The molecule has 0 fully saturated rings. The Morgan fingerprint density at radius 3 is 2.43 bits per heavy atom. The number of hydrogen-bond acceptors (Lipinski definition) is 2. The number of carbonyl (C=O) groups excluding carboxylic acids is 1. The van der Waals surface area contributed by atoms with E-state index < -0.39 is 0 Å². The van der Waals surface area contributed by atoms with Crippen molar-refractivity contribution in [1.82, 2.24) is 9.88 Å². The number of aromatic nitrogens is 1. The average molecular weight is 364 g/mol. The minimum atomic E-state index is -0.216. The number of carbonyl (C=O) groups is 1. The topological polar surface area (TPSA) is 33.2 Å². The van der Waals surface area contributed by atoms with Gasteiger partial charge in [-0.3, -0.25) is 4.79 Å². The standard InChI is InChI=1S/C14H10Cl4N2O/c1-20(7-8-2-3-10(15)11(16)4-8)14(21)9-5-12(17)13(18)19-6-9/h2-6H,7H2,1H3. The van der Waals surface area contributed by atoms with E-state index in [4.69, 9.17) is 46.4 Å². The summed E-state index contributed by atoms with van der Waals surface area (Å²) in [5, 5.41) is 1.33. The predicted molar refractivity (Wildman–Crippen MR) is 86.5 cm³/mol. The second kappa shape index (κ2) is 6.84. The fourth-order valence-electron chi connectivity index (χ4n) is 1.74. The van der Waals surface area contributed by atoms with Gasteiger partial charge in [0.1, 0.15) is 5.15 Å². The maximum atomic E-state index is 12.3. The summed E-state index contributed by atoms with van der Waals surface area (Å²) in [7, 11) is 1.67. The van der Waals surface area contributed by atoms with Crippen molar-refractivity contribution < 1.29 is 4.79 Å². The van der Waals surface area contributed by atoms with Gasteiger partial charge < -0.3 is 4.90 Å². The van der Waals surface area contributed by atoms with Crippen molar-refractivity contribution in [2.45, 2.75) is 6.54 Å². The highest BCUT2D eigenvalue weighted by atomic mass is 35.5. The second-order valence-electron chi connectivity index (χ2n) is 4.41. The molecule has 2 aromatic rings. The number of hydrogen-bond donors (Lipinski definition) is 0. The first kappa shape index (κ1) is 16.4. The molecule has 2 rings (SSSR count). The number of halogens is 4. The Bertz CT molecular complexity index is 691. The monoisotopic (exact) mass is 362 g/mol. The van der Waals surface area contributed by atoms with Crippen molar-refractivity contribution in [1.29, 1.82) is 0 Å². The lowest BCUT2D eigenvalue weighted by atomic mass is 10.2. The molecular weight excluding hydrogens is 354 g/mol. The molecular formula is C14H10Cl4N2O. The summed E-state index contributed by atoms with van der Waals surface area (Å²) < 4.78 is 0. The van der Waals surface area contributed by atoms with Crippen LogP contribution >= 0.6 is 46.4 Å². The maximum Gasteiger partial charge on any atom is 0.255 e. The fraction of sp³-hybridized carbons (Fsp3) is 0.143. The van der Waals surface area contributed by atoms with Gasteiger partial charge in [-0.2, -0.15) is 0 Å². The molecule has 1 amide bonds. The van der Waals surface area contributed by atoms with Gasteiger partial charge in [-0.15, -0.1) is 0 Å². The van der Waals surface area contributed by atoms with Gasteiger partial charge in [-0.1, -0.05) is 52.5 Å². The summed E-state index contributed by atoms with van der Waals surface area (Å²) >= 11 is 23.4. The van der Waals surface area contributed by atoms with Gasteiger partial charge in [0.15, 0.2) is 0 Å². The van der Waals surface area contributed by atoms with Crippen molar-refractivity contribution in [3.8, 4) is 0 Å². The minimum absolute atomic E-state index is 0.167. The lowest BCUT2D eigenvalue weighted by Crippen LogP contribution is -2.26. The molecule has 0 saturated carbocycles. The third-order valence-corrected chi connectivity index (χ3v) is 4.22. The summed E-state index contributed by atoms with van der Waals surface area (Å²) in [5.41, 5.74) is 1.24. The highest BCUT2D eigenvalue weighted by Crippen LogP contribution is 2.24. The molecule has 7 heteroatoms. The third-order valence-electron chi connectivity index (χ3n) is 2.79. The molecule has 0 saturated heterocycles. The quantitative estimate of drug-likeness (QED) is 0.721. The Labute approximate surface area is 142 Å². The molecule has 0 aliphatic heterocycles. The molecule has 0 unspecified atom stereocenters. The molecule has 0 radical (unpaired) electrons. The lowest BCUT2D eigenvalue weighted by Gasteiger charge is -2.17. The Morgan fingerprint density at radius 2 is 1.81 bits per heavy atom. The summed E-state index contributed by atoms with van der Waals surface area (Å²) in [5.74, 6) is -0.216. The number of rotatable bonds is 3. The van der Waals surface area contributed by atoms with Gasteiger partial charge in [-0.25, -0.2) is 4.98 Å². The number of benzene rings is 1. The van der Waals surface area contributed by atoms with E-state index in [1.807, 2.05) is 6.07 Å². The van der Waals surface area contributed by atoms with E-state index in [1.165, 1.54) is 17.2 Å². The summed E-state index contributed by atoms with van der Waals surface area (Å²) in [4.78, 5) is 17.7. The second-order valence-corrected chi connectivity index (χ2v) is 5.99. The van der Waals surface area contributed by atoms with Crippen LogP contribution in [0.4, 0.5) is 0 Å². The Balaban J connectivity index is 2.15. The van der Waals surface area contributed by atoms with E-state index in [0.717, 1.165) is 5.56 Å². The Morgan fingerprint density at radius 1 is 1.10 bits per heavy atom. The van der Waals surface area contributed by atoms with Crippen LogP contribution in [-0.2, 0) is 6.54 Å². The molecule has 110 valence electrons. The SMILES string of the molecule is CN(Cc1ccc(Cl)c(Cl)c1)C(=O)c1cnc(Cl)c(Cl)c1. The van der Waals surface area contributed by atoms with E-state index in [0.29, 0.717) is 22.2 Å².